The van der Waals surface area contributed by atoms with E-state index in [0.717, 1.165) is 6.42 Å². The summed E-state index contributed by atoms with van der Waals surface area (Å²) in [5.41, 5.74) is 2.53. The molecular weight excluding hydrogens is 399 g/mol. The zero-order chi connectivity index (χ0) is 19.6. The molecule has 2 heterocycles. The smallest absolute Gasteiger partial charge is 0.269 e. The molecule has 0 spiro atoms. The molecule has 146 valence electrons. The molecular formula is C16H18ClFN4O4S. The van der Waals surface area contributed by atoms with E-state index < -0.39 is 33.4 Å². The number of hydrazine groups is 1. The van der Waals surface area contributed by atoms with E-state index in [1.54, 1.807) is 24.1 Å². The van der Waals surface area contributed by atoms with E-state index in [-0.39, 0.29) is 10.8 Å². The van der Waals surface area contributed by atoms with Gasteiger partial charge in [0, 0.05) is 25.4 Å². The number of sulfonamides is 1. The van der Waals surface area contributed by atoms with Crippen molar-refractivity contribution in [2.45, 2.75) is 18.9 Å². The summed E-state index contributed by atoms with van der Waals surface area (Å²) in [7, 11) is -2.07. The Labute approximate surface area is 160 Å². The lowest BCUT2D eigenvalue weighted by atomic mass is 10.1. The van der Waals surface area contributed by atoms with E-state index in [1.807, 2.05) is 10.3 Å². The number of hydrogen-bond donors (Lipinski definition) is 2. The molecule has 1 aliphatic rings. The number of carbonyl (C=O) groups excluding carboxylic acids is 1. The maximum Gasteiger partial charge on any atom is 0.269 e. The normalized spacial score (nSPS) is 17.2. The maximum absolute atomic E-state index is 14.3. The van der Waals surface area contributed by atoms with Gasteiger partial charge in [-0.25, -0.2) is 17.8 Å². The highest BCUT2D eigenvalue weighted by Gasteiger charge is 2.24. The van der Waals surface area contributed by atoms with Crippen molar-refractivity contribution in [1.82, 2.24) is 19.8 Å². The van der Waals surface area contributed by atoms with Gasteiger partial charge in [-0.1, -0.05) is 11.6 Å². The van der Waals surface area contributed by atoms with Crippen LogP contribution >= 0.6 is 11.6 Å². The molecule has 0 saturated carbocycles. The van der Waals surface area contributed by atoms with Crippen LogP contribution in [0.2, 0.25) is 5.02 Å². The standard InChI is InChI=1S/C16H18ClFN4O4S/c1-22-7-14(19-9-22)10-5-12(15(18)13(17)6-10)16(23)20-21-27(24,25)8-11-3-2-4-26-11/h5-7,9,11,21H,2-4,8H2,1H3,(H,20,23). The minimum absolute atomic E-state index is 0.273. The number of benzene rings is 1. The van der Waals surface area contributed by atoms with Crippen molar-refractivity contribution >= 4 is 27.5 Å². The third-order valence-electron chi connectivity index (χ3n) is 4.02. The molecule has 1 aromatic heterocycles. The Morgan fingerprint density at radius 3 is 2.89 bits per heavy atom. The molecule has 1 unspecified atom stereocenters. The van der Waals surface area contributed by atoms with Crippen LogP contribution in [0.4, 0.5) is 4.39 Å². The summed E-state index contributed by atoms with van der Waals surface area (Å²) < 4.78 is 45.3. The summed E-state index contributed by atoms with van der Waals surface area (Å²) in [6.07, 6.45) is 4.22. The fourth-order valence-corrected chi connectivity index (χ4v) is 4.02. The first kappa shape index (κ1) is 19.7. The average Bonchev–Trinajstić information content (AvgIpc) is 3.26. The molecule has 0 radical (unpaired) electrons. The van der Waals surface area contributed by atoms with Gasteiger partial charge in [-0.15, -0.1) is 4.83 Å². The Kier molecular flexibility index (Phi) is 5.80. The van der Waals surface area contributed by atoms with Crippen molar-refractivity contribution in [1.29, 1.82) is 0 Å². The van der Waals surface area contributed by atoms with E-state index in [0.29, 0.717) is 24.3 Å². The van der Waals surface area contributed by atoms with Crippen LogP contribution < -0.4 is 10.3 Å². The Balaban J connectivity index is 1.74. The first-order valence-corrected chi connectivity index (χ1v) is 10.2. The minimum Gasteiger partial charge on any atom is -0.377 e. The average molecular weight is 417 g/mol. The van der Waals surface area contributed by atoms with Crippen LogP contribution in [0.25, 0.3) is 11.3 Å². The van der Waals surface area contributed by atoms with Gasteiger partial charge < -0.3 is 9.30 Å². The Hall–Kier alpha value is -2.01. The lowest BCUT2D eigenvalue weighted by Crippen LogP contribution is -2.44. The van der Waals surface area contributed by atoms with Crippen molar-refractivity contribution in [2.75, 3.05) is 12.4 Å². The highest BCUT2D eigenvalue weighted by molar-refractivity contribution is 7.89. The number of aryl methyl sites for hydroxylation is 1. The summed E-state index contributed by atoms with van der Waals surface area (Å²) >= 11 is 5.88. The fourth-order valence-electron chi connectivity index (χ4n) is 2.72. The number of nitrogens with zero attached hydrogens (tertiary/aromatic N) is 2. The Bertz CT molecular complexity index is 957. The van der Waals surface area contributed by atoms with Crippen molar-refractivity contribution in [2.24, 2.45) is 7.05 Å². The molecule has 0 bridgehead atoms. The van der Waals surface area contributed by atoms with E-state index in [9.17, 15) is 17.6 Å². The Morgan fingerprint density at radius 1 is 1.48 bits per heavy atom. The van der Waals surface area contributed by atoms with Crippen LogP contribution in [0.5, 0.6) is 0 Å². The van der Waals surface area contributed by atoms with E-state index >= 15 is 0 Å². The van der Waals surface area contributed by atoms with Gasteiger partial charge >= 0.3 is 0 Å². The summed E-state index contributed by atoms with van der Waals surface area (Å²) in [6, 6.07) is 2.60. The number of nitrogens with one attached hydrogen (secondary N) is 2. The van der Waals surface area contributed by atoms with Crippen LogP contribution in [0.1, 0.15) is 23.2 Å². The second kappa shape index (κ2) is 7.93. The molecule has 1 amide bonds. The molecule has 27 heavy (non-hydrogen) atoms. The van der Waals surface area contributed by atoms with Crippen LogP contribution in [0.3, 0.4) is 0 Å². The number of carbonyl (C=O) groups is 1. The maximum atomic E-state index is 14.3. The van der Waals surface area contributed by atoms with Crippen molar-refractivity contribution in [3.63, 3.8) is 0 Å². The van der Waals surface area contributed by atoms with Gasteiger partial charge in [-0.3, -0.25) is 10.2 Å². The van der Waals surface area contributed by atoms with Gasteiger partial charge in [-0.2, -0.15) is 0 Å². The number of halogens is 2. The lowest BCUT2D eigenvalue weighted by Gasteiger charge is -2.13. The molecule has 1 aromatic carbocycles. The van der Waals surface area contributed by atoms with Crippen LogP contribution in [0.15, 0.2) is 24.7 Å². The summed E-state index contributed by atoms with van der Waals surface area (Å²) in [6.45, 7) is 0.510. The zero-order valence-electron chi connectivity index (χ0n) is 14.4. The summed E-state index contributed by atoms with van der Waals surface area (Å²) in [5, 5.41) is -0.273. The first-order valence-electron chi connectivity index (χ1n) is 8.14. The topological polar surface area (TPSA) is 102 Å². The molecule has 1 saturated heterocycles. The quantitative estimate of drug-likeness (QED) is 0.697. The number of imidazole rings is 1. The number of aromatic nitrogens is 2. The van der Waals surface area contributed by atoms with Crippen LogP contribution in [-0.2, 0) is 21.8 Å². The van der Waals surface area contributed by atoms with Crippen molar-refractivity contribution in [3.8, 4) is 11.3 Å². The SMILES string of the molecule is Cn1cnc(-c2cc(Cl)c(F)c(C(=O)NNS(=O)(=O)CC3CCCO3)c2)c1. The molecule has 8 nitrogen and oxygen atoms in total. The number of hydrogen-bond acceptors (Lipinski definition) is 5. The summed E-state index contributed by atoms with van der Waals surface area (Å²) in [4.78, 5) is 18.4. The molecule has 1 aliphatic heterocycles. The predicted molar refractivity (Wildman–Crippen MR) is 97.0 cm³/mol. The molecule has 0 aliphatic carbocycles. The third-order valence-corrected chi connectivity index (χ3v) is 5.52. The summed E-state index contributed by atoms with van der Waals surface area (Å²) in [5.74, 6) is -2.21. The van der Waals surface area contributed by atoms with E-state index in [1.165, 1.54) is 12.1 Å². The third kappa shape index (κ3) is 4.83. The zero-order valence-corrected chi connectivity index (χ0v) is 16.0. The van der Waals surface area contributed by atoms with E-state index in [4.69, 9.17) is 16.3 Å². The largest absolute Gasteiger partial charge is 0.377 e. The van der Waals surface area contributed by atoms with Gasteiger partial charge in [0.15, 0.2) is 5.82 Å². The highest BCUT2D eigenvalue weighted by Crippen LogP contribution is 2.27. The molecule has 2 aromatic rings. The van der Waals surface area contributed by atoms with Gasteiger partial charge in [0.1, 0.15) is 0 Å². The van der Waals surface area contributed by atoms with Crippen molar-refractivity contribution in [3.05, 3.63) is 41.1 Å². The second-order valence-electron chi connectivity index (χ2n) is 6.22. The van der Waals surface area contributed by atoms with Gasteiger partial charge in [0.05, 0.1) is 34.5 Å². The van der Waals surface area contributed by atoms with Crippen molar-refractivity contribution < 1.29 is 22.3 Å². The molecule has 1 fully saturated rings. The lowest BCUT2D eigenvalue weighted by molar-refractivity contribution is 0.0939. The molecule has 1 atom stereocenters. The Morgan fingerprint density at radius 2 is 2.26 bits per heavy atom. The van der Waals surface area contributed by atoms with Gasteiger partial charge in [0.2, 0.25) is 10.0 Å². The molecule has 2 N–H and O–H groups in total. The fraction of sp³-hybridized carbons (Fsp3) is 0.375. The first-order chi connectivity index (χ1) is 12.7. The predicted octanol–water partition coefficient (Wildman–Crippen LogP) is 1.62. The number of amides is 1. The highest BCUT2D eigenvalue weighted by atomic mass is 35.5. The molecule has 3 rings (SSSR count). The van der Waals surface area contributed by atoms with E-state index in [2.05, 4.69) is 4.98 Å². The molecule has 11 heteroatoms. The van der Waals surface area contributed by atoms with Crippen LogP contribution in [-0.4, -0.2) is 42.3 Å². The number of rotatable bonds is 6. The van der Waals surface area contributed by atoms with Gasteiger partial charge in [0.25, 0.3) is 5.91 Å². The monoisotopic (exact) mass is 416 g/mol. The number of ether oxygens (including phenoxy) is 1. The van der Waals surface area contributed by atoms with Crippen LogP contribution in [0, 0.1) is 5.82 Å². The van der Waals surface area contributed by atoms with Gasteiger partial charge in [-0.05, 0) is 25.0 Å². The minimum atomic E-state index is -3.83. The second-order valence-corrected chi connectivity index (χ2v) is 8.39.